The fourth-order valence-corrected chi connectivity index (χ4v) is 2.64. The Kier molecular flexibility index (Phi) is 5.78. The monoisotopic (exact) mass is 300 g/mol. The van der Waals surface area contributed by atoms with Gasteiger partial charge in [-0.05, 0) is 11.6 Å². The van der Waals surface area contributed by atoms with Gasteiger partial charge < -0.3 is 16.0 Å². The van der Waals surface area contributed by atoms with Gasteiger partial charge in [0.15, 0.2) is 0 Å². The van der Waals surface area contributed by atoms with E-state index in [1.54, 1.807) is 38.4 Å². The van der Waals surface area contributed by atoms with Gasteiger partial charge in [-0.2, -0.15) is 0 Å². The summed E-state index contributed by atoms with van der Waals surface area (Å²) in [6.45, 7) is 0.356. The second-order valence-electron chi connectivity index (χ2n) is 4.48. The molecule has 1 aromatic rings. The predicted octanol–water partition coefficient (Wildman–Crippen LogP) is -0.0406. The Morgan fingerprint density at radius 1 is 1.25 bits per heavy atom. The smallest absolute Gasteiger partial charge is 0.316 e. The van der Waals surface area contributed by atoms with E-state index in [0.29, 0.717) is 11.3 Å². The molecule has 0 aromatic heterocycles. The van der Waals surface area contributed by atoms with Gasteiger partial charge in [0.2, 0.25) is 10.0 Å². The molecule has 1 aromatic carbocycles. The Hall–Kier alpha value is -1.80. The van der Waals surface area contributed by atoms with E-state index in [9.17, 15) is 13.2 Å². The lowest BCUT2D eigenvalue weighted by Gasteiger charge is -2.12. The molecule has 0 atom stereocenters. The van der Waals surface area contributed by atoms with Crippen LogP contribution in [0.4, 0.5) is 10.5 Å². The number of urea groups is 1. The van der Waals surface area contributed by atoms with E-state index in [1.165, 1.54) is 4.90 Å². The zero-order valence-corrected chi connectivity index (χ0v) is 12.4. The molecule has 0 bridgehead atoms. The van der Waals surface area contributed by atoms with Crippen LogP contribution in [-0.4, -0.2) is 46.5 Å². The number of nitrogen functional groups attached to an aromatic ring is 1. The summed E-state index contributed by atoms with van der Waals surface area (Å²) >= 11 is 0. The van der Waals surface area contributed by atoms with Gasteiger partial charge in [-0.25, -0.2) is 17.9 Å². The number of amides is 2. The zero-order valence-electron chi connectivity index (χ0n) is 11.6. The SMILES string of the molecule is CN(C)C(=O)NCCNS(=O)(=O)Cc1ccccc1N. The van der Waals surface area contributed by atoms with Crippen molar-refractivity contribution in [3.63, 3.8) is 0 Å². The van der Waals surface area contributed by atoms with E-state index in [4.69, 9.17) is 5.73 Å². The molecule has 0 saturated carbocycles. The second-order valence-corrected chi connectivity index (χ2v) is 6.29. The van der Waals surface area contributed by atoms with Crippen LogP contribution >= 0.6 is 0 Å². The van der Waals surface area contributed by atoms with Crippen LogP contribution in [0.2, 0.25) is 0 Å². The summed E-state index contributed by atoms with van der Waals surface area (Å²) in [6.07, 6.45) is 0. The number of nitrogens with two attached hydrogens (primary N) is 1. The first-order chi connectivity index (χ1) is 9.32. The summed E-state index contributed by atoms with van der Waals surface area (Å²) in [5.74, 6) is -0.179. The third kappa shape index (κ3) is 5.45. The molecular weight excluding hydrogens is 280 g/mol. The van der Waals surface area contributed by atoms with Crippen molar-refractivity contribution in [2.45, 2.75) is 5.75 Å². The molecule has 0 aliphatic heterocycles. The number of benzene rings is 1. The number of anilines is 1. The van der Waals surface area contributed by atoms with E-state index in [-0.39, 0.29) is 24.9 Å². The van der Waals surface area contributed by atoms with Crippen molar-refractivity contribution >= 4 is 21.7 Å². The quantitative estimate of drug-likeness (QED) is 0.506. The number of nitrogens with zero attached hydrogens (tertiary/aromatic N) is 1. The molecule has 0 aliphatic rings. The van der Waals surface area contributed by atoms with Crippen molar-refractivity contribution in [3.8, 4) is 0 Å². The summed E-state index contributed by atoms with van der Waals surface area (Å²) in [4.78, 5) is 12.6. The average molecular weight is 300 g/mol. The van der Waals surface area contributed by atoms with Gasteiger partial charge in [0.25, 0.3) is 0 Å². The summed E-state index contributed by atoms with van der Waals surface area (Å²) in [7, 11) is -0.253. The van der Waals surface area contributed by atoms with Crippen LogP contribution in [0, 0.1) is 0 Å². The molecule has 1 rings (SSSR count). The Labute approximate surface area is 119 Å². The van der Waals surface area contributed by atoms with E-state index in [0.717, 1.165) is 0 Å². The van der Waals surface area contributed by atoms with Gasteiger partial charge in [0.1, 0.15) is 0 Å². The molecule has 7 nitrogen and oxygen atoms in total. The molecule has 20 heavy (non-hydrogen) atoms. The van der Waals surface area contributed by atoms with Crippen LogP contribution in [-0.2, 0) is 15.8 Å². The highest BCUT2D eigenvalue weighted by molar-refractivity contribution is 7.88. The Morgan fingerprint density at radius 2 is 1.90 bits per heavy atom. The highest BCUT2D eigenvalue weighted by Crippen LogP contribution is 2.13. The molecular formula is C12H20N4O3S. The van der Waals surface area contributed by atoms with Gasteiger partial charge in [-0.3, -0.25) is 0 Å². The fourth-order valence-electron chi connectivity index (χ4n) is 1.46. The number of sulfonamides is 1. The largest absolute Gasteiger partial charge is 0.398 e. The lowest BCUT2D eigenvalue weighted by atomic mass is 10.2. The van der Waals surface area contributed by atoms with Crippen LogP contribution in [0.5, 0.6) is 0 Å². The summed E-state index contributed by atoms with van der Waals surface area (Å²) in [6, 6.07) is 6.54. The van der Waals surface area contributed by atoms with E-state index in [1.807, 2.05) is 0 Å². The lowest BCUT2D eigenvalue weighted by molar-refractivity contribution is 0.217. The third-order valence-electron chi connectivity index (χ3n) is 2.53. The van der Waals surface area contributed by atoms with Gasteiger partial charge in [0, 0.05) is 32.9 Å². The van der Waals surface area contributed by atoms with Crippen molar-refractivity contribution in [2.75, 3.05) is 32.9 Å². The normalized spacial score (nSPS) is 11.1. The maximum absolute atomic E-state index is 11.8. The molecule has 2 amide bonds. The Balaban J connectivity index is 2.43. The summed E-state index contributed by atoms with van der Waals surface area (Å²) in [5, 5.41) is 2.57. The summed E-state index contributed by atoms with van der Waals surface area (Å²) < 4.78 is 26.1. The van der Waals surface area contributed by atoms with Crippen molar-refractivity contribution in [2.24, 2.45) is 0 Å². The van der Waals surface area contributed by atoms with Crippen LogP contribution < -0.4 is 15.8 Å². The van der Waals surface area contributed by atoms with E-state index in [2.05, 4.69) is 10.0 Å². The number of nitrogens with one attached hydrogen (secondary N) is 2. The highest BCUT2D eigenvalue weighted by atomic mass is 32.2. The van der Waals surface area contributed by atoms with E-state index < -0.39 is 10.0 Å². The number of hydrogen-bond acceptors (Lipinski definition) is 4. The van der Waals surface area contributed by atoms with Crippen LogP contribution in [0.25, 0.3) is 0 Å². The first-order valence-electron chi connectivity index (χ1n) is 6.07. The topological polar surface area (TPSA) is 105 Å². The van der Waals surface area contributed by atoms with Gasteiger partial charge >= 0.3 is 6.03 Å². The van der Waals surface area contributed by atoms with Crippen molar-refractivity contribution in [3.05, 3.63) is 29.8 Å². The molecule has 0 radical (unpaired) electrons. The zero-order chi connectivity index (χ0) is 15.2. The molecule has 112 valence electrons. The van der Waals surface area contributed by atoms with Crippen LogP contribution in [0.15, 0.2) is 24.3 Å². The highest BCUT2D eigenvalue weighted by Gasteiger charge is 2.12. The molecule has 0 heterocycles. The van der Waals surface area contributed by atoms with Crippen LogP contribution in [0.3, 0.4) is 0 Å². The number of carbonyl (C=O) groups excluding carboxylic acids is 1. The van der Waals surface area contributed by atoms with Gasteiger partial charge in [-0.15, -0.1) is 0 Å². The third-order valence-corrected chi connectivity index (χ3v) is 3.86. The first-order valence-corrected chi connectivity index (χ1v) is 7.73. The predicted molar refractivity (Wildman–Crippen MR) is 78.6 cm³/mol. The molecule has 0 spiro atoms. The minimum absolute atomic E-state index is 0.134. The minimum atomic E-state index is -3.47. The standard InChI is InChI=1S/C12H20N4O3S/c1-16(2)12(17)14-7-8-15-20(18,19)9-10-5-3-4-6-11(10)13/h3-6,15H,7-9,13H2,1-2H3,(H,14,17). The number of carbonyl (C=O) groups is 1. The van der Waals surface area contributed by atoms with Crippen LogP contribution in [0.1, 0.15) is 5.56 Å². The average Bonchev–Trinajstić information content (AvgIpc) is 2.37. The molecule has 0 unspecified atom stereocenters. The minimum Gasteiger partial charge on any atom is -0.398 e. The second kappa shape index (κ2) is 7.11. The van der Waals surface area contributed by atoms with E-state index >= 15 is 0 Å². The maximum Gasteiger partial charge on any atom is 0.316 e. The Bertz CT molecular complexity index is 558. The van der Waals surface area contributed by atoms with Crippen molar-refractivity contribution < 1.29 is 13.2 Å². The van der Waals surface area contributed by atoms with Gasteiger partial charge in [0.05, 0.1) is 5.75 Å². The molecule has 0 aliphatic carbocycles. The maximum atomic E-state index is 11.8. The number of hydrogen-bond donors (Lipinski definition) is 3. The summed E-state index contributed by atoms with van der Waals surface area (Å²) in [5.41, 5.74) is 6.70. The molecule has 0 saturated heterocycles. The van der Waals surface area contributed by atoms with Gasteiger partial charge in [-0.1, -0.05) is 18.2 Å². The lowest BCUT2D eigenvalue weighted by Crippen LogP contribution is -2.39. The Morgan fingerprint density at radius 3 is 2.50 bits per heavy atom. The molecule has 0 fully saturated rings. The molecule has 8 heteroatoms. The van der Waals surface area contributed by atoms with Crippen molar-refractivity contribution in [1.29, 1.82) is 0 Å². The number of para-hydroxylation sites is 1. The number of rotatable bonds is 6. The molecule has 4 N–H and O–H groups in total. The first kappa shape index (κ1) is 16.3. The fraction of sp³-hybridized carbons (Fsp3) is 0.417. The van der Waals surface area contributed by atoms with Crippen molar-refractivity contribution in [1.82, 2.24) is 14.9 Å².